The summed E-state index contributed by atoms with van der Waals surface area (Å²) in [4.78, 5) is 10.7. The second-order valence-corrected chi connectivity index (χ2v) is 11.7. The van der Waals surface area contributed by atoms with Crippen LogP contribution in [0.25, 0.3) is 0 Å². The van der Waals surface area contributed by atoms with Crippen LogP contribution in [0.2, 0.25) is 0 Å². The van der Waals surface area contributed by atoms with E-state index in [1.165, 1.54) is 50.8 Å². The summed E-state index contributed by atoms with van der Waals surface area (Å²) in [7, 11) is -0.330. The molecular weight excluding hydrogens is 472 g/mol. The number of aromatic nitrogens is 2. The van der Waals surface area contributed by atoms with E-state index in [1.807, 2.05) is 4.90 Å². The maximum atomic E-state index is 15.1. The van der Waals surface area contributed by atoms with Gasteiger partial charge in [0.05, 0.1) is 0 Å². The predicted molar refractivity (Wildman–Crippen MR) is 133 cm³/mol. The molecule has 1 saturated heterocycles. The molecule has 1 aromatic carbocycles. The molecule has 1 N–H and O–H groups in total. The highest BCUT2D eigenvalue weighted by atomic mass is 32.2. The molecule has 0 spiro atoms. The third-order valence-corrected chi connectivity index (χ3v) is 9.09. The quantitative estimate of drug-likeness (QED) is 0.552. The second-order valence-electron chi connectivity index (χ2n) is 10.1. The Morgan fingerprint density at radius 3 is 2.49 bits per heavy atom. The standard InChI is InChI=1S/C25H35F2N5O2S/c1-31(2)25(12-9-19-7-4-3-5-8-19)11-6-14-32(17-25)20-15-21(26)24(22(27)16-20)35(33,34)30-23-10-13-28-18-29-23/h10,13,15-16,18-19H,3-9,11-12,14,17H2,1-2H3,(H,28,29,30)/t25-/m0/s1. The number of halogens is 2. The van der Waals surface area contributed by atoms with Gasteiger partial charge in [-0.2, -0.15) is 0 Å². The van der Waals surface area contributed by atoms with Gasteiger partial charge in [-0.15, -0.1) is 0 Å². The number of hydrogen-bond acceptors (Lipinski definition) is 6. The van der Waals surface area contributed by atoms with Crippen molar-refractivity contribution < 1.29 is 17.2 Å². The molecule has 1 saturated carbocycles. The van der Waals surface area contributed by atoms with E-state index in [0.29, 0.717) is 18.8 Å². The molecule has 2 aromatic rings. The van der Waals surface area contributed by atoms with Crippen molar-refractivity contribution in [1.82, 2.24) is 14.9 Å². The molecule has 2 aliphatic rings. The van der Waals surface area contributed by atoms with Gasteiger partial charge in [0.2, 0.25) is 0 Å². The molecule has 35 heavy (non-hydrogen) atoms. The molecule has 0 unspecified atom stereocenters. The van der Waals surface area contributed by atoms with Gasteiger partial charge in [-0.25, -0.2) is 27.2 Å². The third-order valence-electron chi connectivity index (χ3n) is 7.68. The van der Waals surface area contributed by atoms with Crippen molar-refractivity contribution in [3.8, 4) is 0 Å². The summed E-state index contributed by atoms with van der Waals surface area (Å²) in [5.41, 5.74) is 0.284. The van der Waals surface area contributed by atoms with Gasteiger partial charge >= 0.3 is 0 Å². The van der Waals surface area contributed by atoms with E-state index in [4.69, 9.17) is 0 Å². The highest BCUT2D eigenvalue weighted by Gasteiger charge is 2.38. The lowest BCUT2D eigenvalue weighted by Gasteiger charge is -2.48. The molecule has 1 aliphatic heterocycles. The van der Waals surface area contributed by atoms with Crippen molar-refractivity contribution >= 4 is 21.5 Å². The van der Waals surface area contributed by atoms with Gasteiger partial charge in [-0.3, -0.25) is 4.72 Å². The Bertz CT molecular complexity index is 1090. The van der Waals surface area contributed by atoms with Gasteiger partial charge in [0.15, 0.2) is 4.90 Å². The van der Waals surface area contributed by atoms with E-state index in [-0.39, 0.29) is 11.4 Å². The van der Waals surface area contributed by atoms with E-state index in [0.717, 1.165) is 43.6 Å². The number of nitrogens with zero attached hydrogens (tertiary/aromatic N) is 4. The second kappa shape index (κ2) is 10.7. The lowest BCUT2D eigenvalue weighted by atomic mass is 9.78. The van der Waals surface area contributed by atoms with Crippen LogP contribution >= 0.6 is 0 Å². The van der Waals surface area contributed by atoms with Crippen molar-refractivity contribution in [3.63, 3.8) is 0 Å². The molecular formula is C25H35F2N5O2S. The minimum Gasteiger partial charge on any atom is -0.370 e. The van der Waals surface area contributed by atoms with Crippen LogP contribution < -0.4 is 9.62 Å². The highest BCUT2D eigenvalue weighted by Crippen LogP contribution is 2.37. The van der Waals surface area contributed by atoms with Crippen LogP contribution in [0.4, 0.5) is 20.3 Å². The molecule has 10 heteroatoms. The smallest absolute Gasteiger partial charge is 0.268 e. The fraction of sp³-hybridized carbons (Fsp3) is 0.600. The molecule has 0 amide bonds. The van der Waals surface area contributed by atoms with Crippen LogP contribution in [0.1, 0.15) is 57.8 Å². The van der Waals surface area contributed by atoms with Crippen molar-refractivity contribution in [1.29, 1.82) is 0 Å². The Balaban J connectivity index is 1.54. The fourth-order valence-electron chi connectivity index (χ4n) is 5.60. The molecule has 7 nitrogen and oxygen atoms in total. The maximum absolute atomic E-state index is 15.1. The van der Waals surface area contributed by atoms with Gasteiger partial charge in [-0.05, 0) is 63.9 Å². The van der Waals surface area contributed by atoms with Crippen LogP contribution in [-0.2, 0) is 10.0 Å². The van der Waals surface area contributed by atoms with Gasteiger partial charge in [0, 0.05) is 30.5 Å². The van der Waals surface area contributed by atoms with Crippen LogP contribution in [0.5, 0.6) is 0 Å². The average molecular weight is 508 g/mol. The lowest BCUT2D eigenvalue weighted by molar-refractivity contribution is 0.103. The normalized spacial score (nSPS) is 21.9. The first-order valence-electron chi connectivity index (χ1n) is 12.4. The SMILES string of the molecule is CN(C)[C@]1(CCC2CCCCC2)CCCN(c2cc(F)c(S(=O)(=O)Nc3ccncn3)c(F)c2)C1. The molecule has 2 heterocycles. The van der Waals surface area contributed by atoms with Crippen molar-refractivity contribution in [3.05, 3.63) is 42.4 Å². The number of likely N-dealkylation sites (N-methyl/N-ethyl adjacent to an activating group) is 1. The number of piperidine rings is 1. The van der Waals surface area contributed by atoms with Crippen LogP contribution in [0.15, 0.2) is 35.6 Å². The van der Waals surface area contributed by atoms with Gasteiger partial charge in [0.1, 0.15) is 23.8 Å². The summed E-state index contributed by atoms with van der Waals surface area (Å²) in [6.07, 6.45) is 13.2. The minimum atomic E-state index is -4.50. The van der Waals surface area contributed by atoms with Gasteiger partial charge in [0.25, 0.3) is 10.0 Å². The zero-order valence-corrected chi connectivity index (χ0v) is 21.3. The van der Waals surface area contributed by atoms with Crippen molar-refractivity contribution in [2.45, 2.75) is 68.2 Å². The summed E-state index contributed by atoms with van der Waals surface area (Å²) in [6, 6.07) is 3.57. The molecule has 1 atom stereocenters. The topological polar surface area (TPSA) is 78.4 Å². The van der Waals surface area contributed by atoms with Crippen LogP contribution in [-0.4, -0.2) is 56.0 Å². The van der Waals surface area contributed by atoms with Crippen molar-refractivity contribution in [2.75, 3.05) is 36.8 Å². The van der Waals surface area contributed by atoms with Gasteiger partial charge in [-0.1, -0.05) is 32.1 Å². The summed E-state index contributed by atoms with van der Waals surface area (Å²) in [5, 5.41) is 0. The number of nitrogens with one attached hydrogen (secondary N) is 1. The van der Waals surface area contributed by atoms with Crippen molar-refractivity contribution in [2.24, 2.45) is 5.92 Å². The Hall–Kier alpha value is -2.33. The zero-order valence-electron chi connectivity index (χ0n) is 20.5. The molecule has 1 aromatic heterocycles. The summed E-state index contributed by atoms with van der Waals surface area (Å²) in [6.45, 7) is 1.32. The number of rotatable bonds is 8. The highest BCUT2D eigenvalue weighted by molar-refractivity contribution is 7.92. The molecule has 0 bridgehead atoms. The first-order chi connectivity index (χ1) is 16.7. The Kier molecular flexibility index (Phi) is 7.90. The van der Waals surface area contributed by atoms with Crippen LogP contribution in [0, 0.1) is 17.6 Å². The monoisotopic (exact) mass is 507 g/mol. The Morgan fingerprint density at radius 2 is 1.86 bits per heavy atom. The molecule has 1 aliphatic carbocycles. The van der Waals surface area contributed by atoms with Gasteiger partial charge < -0.3 is 9.80 Å². The lowest BCUT2D eigenvalue weighted by Crippen LogP contribution is -2.56. The first-order valence-corrected chi connectivity index (χ1v) is 13.9. The van der Waals surface area contributed by atoms with E-state index in [1.54, 1.807) is 0 Å². The summed E-state index contributed by atoms with van der Waals surface area (Å²) >= 11 is 0. The summed E-state index contributed by atoms with van der Waals surface area (Å²) in [5.74, 6) is -1.54. The van der Waals surface area contributed by atoms with E-state index in [2.05, 4.69) is 33.7 Å². The fourth-order valence-corrected chi connectivity index (χ4v) is 6.73. The minimum absolute atomic E-state index is 0.0624. The van der Waals surface area contributed by atoms with Crippen LogP contribution in [0.3, 0.4) is 0 Å². The van der Waals surface area contributed by atoms with E-state index in [9.17, 15) is 8.42 Å². The van der Waals surface area contributed by atoms with E-state index < -0.39 is 26.6 Å². The summed E-state index contributed by atoms with van der Waals surface area (Å²) < 4.78 is 57.6. The Morgan fingerprint density at radius 1 is 1.14 bits per heavy atom. The molecule has 0 radical (unpaired) electrons. The Labute approximate surface area is 207 Å². The third kappa shape index (κ3) is 5.91. The number of sulfonamides is 1. The molecule has 4 rings (SSSR count). The number of anilines is 2. The number of hydrogen-bond donors (Lipinski definition) is 1. The molecule has 192 valence electrons. The largest absolute Gasteiger partial charge is 0.370 e. The first kappa shape index (κ1) is 25.8. The zero-order chi connectivity index (χ0) is 25.1. The van der Waals surface area contributed by atoms with E-state index >= 15 is 8.78 Å². The number of benzene rings is 1. The average Bonchev–Trinajstić information content (AvgIpc) is 2.83. The maximum Gasteiger partial charge on any atom is 0.268 e. The molecule has 2 fully saturated rings. The predicted octanol–water partition coefficient (Wildman–Crippen LogP) is 4.82.